The average molecular weight is 359 g/mol. The van der Waals surface area contributed by atoms with Gasteiger partial charge in [0.05, 0.1) is 4.90 Å². The topological polar surface area (TPSA) is 74.7 Å². The summed E-state index contributed by atoms with van der Waals surface area (Å²) >= 11 is 0. The van der Waals surface area contributed by atoms with Crippen LogP contribution in [0.4, 0.5) is 0 Å². The fourth-order valence-electron chi connectivity index (χ4n) is 3.20. The molecule has 132 valence electrons. The molecule has 1 amide bonds. The third kappa shape index (κ3) is 4.02. The molecule has 0 atom stereocenters. The van der Waals surface area contributed by atoms with Crippen LogP contribution in [0.5, 0.6) is 5.75 Å². The minimum Gasteiger partial charge on any atom is -0.508 e. The number of hydrogen-bond donors (Lipinski definition) is 1. The number of sulfone groups is 1. The lowest BCUT2D eigenvalue weighted by molar-refractivity contribution is 0.0712. The van der Waals surface area contributed by atoms with E-state index in [0.29, 0.717) is 24.6 Å². The van der Waals surface area contributed by atoms with Gasteiger partial charge in [-0.15, -0.1) is 0 Å². The molecule has 1 heterocycles. The Labute approximate surface area is 147 Å². The molecule has 0 aliphatic carbocycles. The average Bonchev–Trinajstić information content (AvgIpc) is 2.61. The van der Waals surface area contributed by atoms with Crippen molar-refractivity contribution >= 4 is 15.7 Å². The summed E-state index contributed by atoms with van der Waals surface area (Å²) in [7, 11) is -3.33. The highest BCUT2D eigenvalue weighted by molar-refractivity contribution is 7.90. The largest absolute Gasteiger partial charge is 0.508 e. The van der Waals surface area contributed by atoms with Crippen molar-refractivity contribution in [1.82, 2.24) is 4.90 Å². The monoisotopic (exact) mass is 359 g/mol. The van der Waals surface area contributed by atoms with Crippen molar-refractivity contribution in [3.05, 3.63) is 59.7 Å². The zero-order valence-electron chi connectivity index (χ0n) is 14.1. The fraction of sp³-hybridized carbons (Fsp3) is 0.316. The van der Waals surface area contributed by atoms with Gasteiger partial charge in [-0.05, 0) is 54.7 Å². The molecule has 0 aromatic heterocycles. The van der Waals surface area contributed by atoms with Crippen molar-refractivity contribution < 1.29 is 18.3 Å². The molecule has 2 aromatic carbocycles. The Morgan fingerprint density at radius 3 is 2.32 bits per heavy atom. The molecule has 1 fully saturated rings. The zero-order valence-corrected chi connectivity index (χ0v) is 14.9. The molecular weight excluding hydrogens is 338 g/mol. The third-order valence-electron chi connectivity index (χ3n) is 4.66. The molecule has 6 heteroatoms. The highest BCUT2D eigenvalue weighted by atomic mass is 32.2. The fourth-order valence-corrected chi connectivity index (χ4v) is 3.87. The minimum atomic E-state index is -3.33. The van der Waals surface area contributed by atoms with Crippen molar-refractivity contribution in [3.63, 3.8) is 0 Å². The number of phenols is 1. The van der Waals surface area contributed by atoms with Crippen molar-refractivity contribution in [3.8, 4) is 5.75 Å². The normalized spacial score (nSPS) is 16.0. The molecule has 0 spiro atoms. The number of likely N-dealkylation sites (tertiary alicyclic amines) is 1. The number of piperidine rings is 1. The molecule has 1 N–H and O–H groups in total. The second-order valence-corrected chi connectivity index (χ2v) is 8.47. The summed E-state index contributed by atoms with van der Waals surface area (Å²) < 4.78 is 23.3. The maximum atomic E-state index is 12.7. The molecular formula is C19H21NO4S. The molecule has 1 aliphatic heterocycles. The molecule has 1 saturated heterocycles. The minimum absolute atomic E-state index is 0.130. The Morgan fingerprint density at radius 2 is 1.72 bits per heavy atom. The zero-order chi connectivity index (χ0) is 18.0. The summed E-state index contributed by atoms with van der Waals surface area (Å²) in [4.78, 5) is 14.6. The van der Waals surface area contributed by atoms with E-state index >= 15 is 0 Å². The molecule has 0 saturated carbocycles. The van der Waals surface area contributed by atoms with E-state index in [9.17, 15) is 18.3 Å². The Kier molecular flexibility index (Phi) is 4.81. The summed E-state index contributed by atoms with van der Waals surface area (Å²) in [5, 5.41) is 9.38. The number of nitrogens with zero attached hydrogens (tertiary/aromatic N) is 1. The molecule has 0 radical (unpaired) electrons. The first-order valence-electron chi connectivity index (χ1n) is 8.23. The van der Waals surface area contributed by atoms with Crippen LogP contribution < -0.4 is 0 Å². The lowest BCUT2D eigenvalue weighted by atomic mass is 9.89. The van der Waals surface area contributed by atoms with Crippen LogP contribution in [0.2, 0.25) is 0 Å². The van der Waals surface area contributed by atoms with Crippen LogP contribution in [0.3, 0.4) is 0 Å². The van der Waals surface area contributed by atoms with Gasteiger partial charge in [0.25, 0.3) is 5.91 Å². The second kappa shape index (κ2) is 6.88. The summed E-state index contributed by atoms with van der Waals surface area (Å²) in [5.41, 5.74) is 1.58. The highest BCUT2D eigenvalue weighted by Crippen LogP contribution is 2.29. The van der Waals surface area contributed by atoms with Gasteiger partial charge in [0, 0.05) is 24.9 Å². The molecule has 2 aromatic rings. The molecule has 5 nitrogen and oxygen atoms in total. The number of hydrogen-bond acceptors (Lipinski definition) is 4. The predicted molar refractivity (Wildman–Crippen MR) is 95.5 cm³/mol. The van der Waals surface area contributed by atoms with E-state index in [2.05, 4.69) is 0 Å². The van der Waals surface area contributed by atoms with Crippen molar-refractivity contribution in [2.75, 3.05) is 19.3 Å². The maximum absolute atomic E-state index is 12.7. The first-order chi connectivity index (χ1) is 11.8. The van der Waals surface area contributed by atoms with Crippen molar-refractivity contribution in [1.29, 1.82) is 0 Å². The van der Waals surface area contributed by atoms with Crippen LogP contribution in [0.15, 0.2) is 53.4 Å². The van der Waals surface area contributed by atoms with Crippen LogP contribution in [0.1, 0.15) is 34.7 Å². The molecule has 0 unspecified atom stereocenters. The number of rotatable bonds is 3. The van der Waals surface area contributed by atoms with E-state index in [1.807, 2.05) is 12.1 Å². The number of benzene rings is 2. The van der Waals surface area contributed by atoms with Gasteiger partial charge in [-0.3, -0.25) is 4.79 Å². The standard InChI is InChI=1S/C19H21NO4S/c1-25(23,24)18-4-2-3-16(13-18)19(22)20-11-9-15(10-12-20)14-5-7-17(21)8-6-14/h2-8,13,15,21H,9-12H2,1H3. The molecule has 25 heavy (non-hydrogen) atoms. The maximum Gasteiger partial charge on any atom is 0.253 e. The van der Waals surface area contributed by atoms with Gasteiger partial charge in [-0.1, -0.05) is 18.2 Å². The Balaban J connectivity index is 1.68. The van der Waals surface area contributed by atoms with Gasteiger partial charge in [0.15, 0.2) is 9.84 Å². The molecule has 1 aliphatic rings. The smallest absolute Gasteiger partial charge is 0.253 e. The van der Waals surface area contributed by atoms with Crippen molar-refractivity contribution in [2.24, 2.45) is 0 Å². The van der Waals surface area contributed by atoms with Crippen LogP contribution >= 0.6 is 0 Å². The summed E-state index contributed by atoms with van der Waals surface area (Å²) in [5.74, 6) is 0.490. The van der Waals surface area contributed by atoms with Gasteiger partial charge in [-0.25, -0.2) is 8.42 Å². The van der Waals surface area contributed by atoms with Crippen LogP contribution in [-0.2, 0) is 9.84 Å². The summed E-state index contributed by atoms with van der Waals surface area (Å²) in [6.07, 6.45) is 2.84. The SMILES string of the molecule is CS(=O)(=O)c1cccc(C(=O)N2CCC(c3ccc(O)cc3)CC2)c1. The first kappa shape index (κ1) is 17.5. The molecule has 3 rings (SSSR count). The highest BCUT2D eigenvalue weighted by Gasteiger charge is 2.25. The molecule has 0 bridgehead atoms. The summed E-state index contributed by atoms with van der Waals surface area (Å²) in [6, 6.07) is 13.4. The van der Waals surface area contributed by atoms with E-state index in [1.165, 1.54) is 17.7 Å². The van der Waals surface area contributed by atoms with Gasteiger partial charge < -0.3 is 10.0 Å². The van der Waals surface area contributed by atoms with E-state index in [4.69, 9.17) is 0 Å². The quantitative estimate of drug-likeness (QED) is 0.914. The van der Waals surface area contributed by atoms with Crippen molar-refractivity contribution in [2.45, 2.75) is 23.7 Å². The van der Waals surface area contributed by atoms with E-state index < -0.39 is 9.84 Å². The Morgan fingerprint density at radius 1 is 1.08 bits per heavy atom. The van der Waals surface area contributed by atoms with E-state index in [0.717, 1.165) is 19.1 Å². The lowest BCUT2D eigenvalue weighted by Crippen LogP contribution is -2.38. The van der Waals surface area contributed by atoms with Gasteiger partial charge >= 0.3 is 0 Å². The summed E-state index contributed by atoms with van der Waals surface area (Å²) in [6.45, 7) is 1.26. The Bertz CT molecular complexity index is 867. The van der Waals surface area contributed by atoms with Gasteiger partial charge in [-0.2, -0.15) is 0 Å². The van der Waals surface area contributed by atoms with E-state index in [1.54, 1.807) is 29.2 Å². The first-order valence-corrected chi connectivity index (χ1v) is 10.1. The number of phenolic OH excluding ortho intramolecular Hbond substituents is 1. The Hall–Kier alpha value is -2.34. The van der Waals surface area contributed by atoms with E-state index in [-0.39, 0.29) is 16.6 Å². The number of aromatic hydroxyl groups is 1. The number of carbonyl (C=O) groups is 1. The van der Waals surface area contributed by atoms with Crippen LogP contribution in [0, 0.1) is 0 Å². The number of carbonyl (C=O) groups excluding carboxylic acids is 1. The predicted octanol–water partition coefficient (Wildman–Crippen LogP) is 2.82. The van der Waals surface area contributed by atoms with Gasteiger partial charge in [0.1, 0.15) is 5.75 Å². The van der Waals surface area contributed by atoms with Gasteiger partial charge in [0.2, 0.25) is 0 Å². The lowest BCUT2D eigenvalue weighted by Gasteiger charge is -2.32. The van der Waals surface area contributed by atoms with Crippen LogP contribution in [-0.4, -0.2) is 43.7 Å². The second-order valence-electron chi connectivity index (χ2n) is 6.46. The number of amides is 1. The third-order valence-corrected chi connectivity index (χ3v) is 5.77. The van der Waals surface area contributed by atoms with Crippen LogP contribution in [0.25, 0.3) is 0 Å².